The molecule has 2 aromatic rings. The van der Waals surface area contributed by atoms with Crippen LogP contribution in [0.4, 0.5) is 0 Å². The first-order valence-electron chi connectivity index (χ1n) is 6.11. The third kappa shape index (κ3) is 2.77. The van der Waals surface area contributed by atoms with Crippen molar-refractivity contribution in [2.24, 2.45) is 0 Å². The average Bonchev–Trinajstić information content (AvgIpc) is 2.42. The Bertz CT molecular complexity index is 582. The summed E-state index contributed by atoms with van der Waals surface area (Å²) in [5, 5.41) is 0.467. The number of rotatable bonds is 3. The number of hydrogen-bond donors (Lipinski definition) is 0. The van der Waals surface area contributed by atoms with E-state index in [9.17, 15) is 0 Å². The molecule has 0 atom stereocenters. The summed E-state index contributed by atoms with van der Waals surface area (Å²) in [6.07, 6.45) is 0. The molecule has 0 unspecified atom stereocenters. The van der Waals surface area contributed by atoms with Gasteiger partial charge in [-0.1, -0.05) is 41.9 Å². The fourth-order valence-corrected chi connectivity index (χ4v) is 1.90. The third-order valence-electron chi connectivity index (χ3n) is 3.18. The summed E-state index contributed by atoms with van der Waals surface area (Å²) in [4.78, 5) is 8.96. The molecule has 0 saturated carbocycles. The number of aromatic nitrogens is 2. The lowest BCUT2D eigenvalue weighted by Crippen LogP contribution is -2.23. The van der Waals surface area contributed by atoms with E-state index < -0.39 is 5.60 Å². The quantitative estimate of drug-likeness (QED) is 0.795. The largest absolute Gasteiger partial charge is 0.371 e. The Kier molecular flexibility index (Phi) is 3.88. The highest BCUT2D eigenvalue weighted by Gasteiger charge is 2.25. The molecule has 1 aromatic heterocycles. The number of benzene rings is 1. The topological polar surface area (TPSA) is 35.0 Å². The fourth-order valence-electron chi connectivity index (χ4n) is 1.73. The summed E-state index contributed by atoms with van der Waals surface area (Å²) < 4.78 is 5.43. The van der Waals surface area contributed by atoms with Crippen LogP contribution in [0.1, 0.15) is 25.2 Å². The Morgan fingerprint density at radius 3 is 2.32 bits per heavy atom. The van der Waals surface area contributed by atoms with Crippen molar-refractivity contribution in [2.45, 2.75) is 26.4 Å². The van der Waals surface area contributed by atoms with Gasteiger partial charge in [-0.15, -0.1) is 0 Å². The zero-order chi connectivity index (χ0) is 14.0. The molecule has 0 N–H and O–H groups in total. The Morgan fingerprint density at radius 2 is 1.74 bits per heavy atom. The van der Waals surface area contributed by atoms with E-state index in [4.69, 9.17) is 16.3 Å². The van der Waals surface area contributed by atoms with Crippen molar-refractivity contribution >= 4 is 11.6 Å². The zero-order valence-corrected chi connectivity index (χ0v) is 12.3. The monoisotopic (exact) mass is 276 g/mol. The maximum absolute atomic E-state index is 6.23. The molecule has 1 heterocycles. The molecule has 0 amide bonds. The van der Waals surface area contributed by atoms with E-state index in [2.05, 4.69) is 9.97 Å². The highest BCUT2D eigenvalue weighted by Crippen LogP contribution is 2.29. The molecule has 100 valence electrons. The maximum atomic E-state index is 6.23. The van der Waals surface area contributed by atoms with Crippen molar-refractivity contribution in [3.05, 3.63) is 46.9 Å². The lowest BCUT2D eigenvalue weighted by molar-refractivity contribution is 0.0115. The molecule has 0 bridgehead atoms. The van der Waals surface area contributed by atoms with Crippen LogP contribution in [-0.4, -0.2) is 17.1 Å². The first-order chi connectivity index (χ1) is 8.95. The van der Waals surface area contributed by atoms with Crippen LogP contribution in [0.15, 0.2) is 30.3 Å². The maximum Gasteiger partial charge on any atom is 0.161 e. The van der Waals surface area contributed by atoms with Crippen molar-refractivity contribution < 1.29 is 4.74 Å². The number of halogens is 1. The molecule has 0 aliphatic carbocycles. The van der Waals surface area contributed by atoms with Crippen LogP contribution < -0.4 is 0 Å². The van der Waals surface area contributed by atoms with Crippen LogP contribution in [0.2, 0.25) is 5.15 Å². The van der Waals surface area contributed by atoms with Crippen LogP contribution >= 0.6 is 11.6 Å². The minimum Gasteiger partial charge on any atom is -0.371 e. The second kappa shape index (κ2) is 5.27. The predicted molar refractivity (Wildman–Crippen MR) is 77.3 cm³/mol. The van der Waals surface area contributed by atoms with Crippen molar-refractivity contribution in [3.8, 4) is 11.3 Å². The summed E-state index contributed by atoms with van der Waals surface area (Å²) in [5.74, 6) is 0.587. The first-order valence-corrected chi connectivity index (χ1v) is 6.48. The average molecular weight is 277 g/mol. The summed E-state index contributed by atoms with van der Waals surface area (Å²) in [6.45, 7) is 5.76. The van der Waals surface area contributed by atoms with Crippen LogP contribution in [0.5, 0.6) is 0 Å². The van der Waals surface area contributed by atoms with E-state index in [0.717, 1.165) is 16.8 Å². The number of nitrogens with zero attached hydrogens (tertiary/aromatic N) is 2. The summed E-state index contributed by atoms with van der Waals surface area (Å²) in [7, 11) is 1.64. The molecule has 3 nitrogen and oxygen atoms in total. The van der Waals surface area contributed by atoms with Crippen molar-refractivity contribution in [1.82, 2.24) is 9.97 Å². The lowest BCUT2D eigenvalue weighted by atomic mass is 10.1. The molecule has 0 saturated heterocycles. The number of methoxy groups -OCH3 is 1. The molecule has 1 aromatic carbocycles. The van der Waals surface area contributed by atoms with E-state index in [1.54, 1.807) is 7.11 Å². The zero-order valence-electron chi connectivity index (χ0n) is 11.6. The summed E-state index contributed by atoms with van der Waals surface area (Å²) in [6, 6.07) is 9.95. The van der Waals surface area contributed by atoms with Gasteiger partial charge in [-0.3, -0.25) is 0 Å². The highest BCUT2D eigenvalue weighted by molar-refractivity contribution is 6.30. The molecule has 4 heteroatoms. The van der Waals surface area contributed by atoms with Gasteiger partial charge in [-0.05, 0) is 20.8 Å². The second-order valence-electron chi connectivity index (χ2n) is 4.89. The highest BCUT2D eigenvalue weighted by atomic mass is 35.5. The van der Waals surface area contributed by atoms with E-state index in [1.807, 2.05) is 51.1 Å². The normalized spacial score (nSPS) is 11.6. The van der Waals surface area contributed by atoms with Crippen LogP contribution in [0, 0.1) is 6.92 Å². The molecular weight excluding hydrogens is 260 g/mol. The molecule has 0 radical (unpaired) electrons. The van der Waals surface area contributed by atoms with Gasteiger partial charge >= 0.3 is 0 Å². The molecular formula is C15H17ClN2O. The van der Waals surface area contributed by atoms with Crippen LogP contribution in [0.25, 0.3) is 11.3 Å². The second-order valence-corrected chi connectivity index (χ2v) is 5.25. The van der Waals surface area contributed by atoms with Gasteiger partial charge in [-0.25, -0.2) is 9.97 Å². The SMILES string of the molecule is COC(C)(C)c1nc(Cl)c(C)c(-c2ccccc2)n1. The molecule has 0 aliphatic rings. The third-order valence-corrected chi connectivity index (χ3v) is 3.55. The van der Waals surface area contributed by atoms with Gasteiger partial charge in [0.1, 0.15) is 10.8 Å². The summed E-state index contributed by atoms with van der Waals surface area (Å²) in [5.41, 5.74) is 2.18. The minimum atomic E-state index is -0.569. The molecule has 0 fully saturated rings. The van der Waals surface area contributed by atoms with Gasteiger partial charge < -0.3 is 4.74 Å². The van der Waals surface area contributed by atoms with Crippen LogP contribution in [-0.2, 0) is 10.3 Å². The molecule has 0 aliphatic heterocycles. The first kappa shape index (κ1) is 14.0. The van der Waals surface area contributed by atoms with E-state index in [0.29, 0.717) is 11.0 Å². The van der Waals surface area contributed by atoms with Gasteiger partial charge in [0.05, 0.1) is 5.69 Å². The van der Waals surface area contributed by atoms with Crippen molar-refractivity contribution in [2.75, 3.05) is 7.11 Å². The summed E-state index contributed by atoms with van der Waals surface area (Å²) >= 11 is 6.23. The van der Waals surface area contributed by atoms with Crippen molar-refractivity contribution in [3.63, 3.8) is 0 Å². The standard InChI is InChI=1S/C15H17ClN2O/c1-10-12(11-8-6-5-7-9-11)17-14(18-13(10)16)15(2,3)19-4/h5-9H,1-4H3. The van der Waals surface area contributed by atoms with E-state index in [-0.39, 0.29) is 0 Å². The Balaban J connectivity index is 2.62. The number of hydrogen-bond acceptors (Lipinski definition) is 3. The lowest BCUT2D eigenvalue weighted by Gasteiger charge is -2.22. The van der Waals surface area contributed by atoms with Crippen molar-refractivity contribution in [1.29, 1.82) is 0 Å². The molecule has 19 heavy (non-hydrogen) atoms. The van der Waals surface area contributed by atoms with Gasteiger partial charge in [0, 0.05) is 18.2 Å². The molecule has 0 spiro atoms. The van der Waals surface area contributed by atoms with E-state index in [1.165, 1.54) is 0 Å². The van der Waals surface area contributed by atoms with Gasteiger partial charge in [-0.2, -0.15) is 0 Å². The molecule has 2 rings (SSSR count). The Morgan fingerprint density at radius 1 is 1.11 bits per heavy atom. The smallest absolute Gasteiger partial charge is 0.161 e. The van der Waals surface area contributed by atoms with E-state index >= 15 is 0 Å². The van der Waals surface area contributed by atoms with Gasteiger partial charge in [0.15, 0.2) is 5.82 Å². The van der Waals surface area contributed by atoms with Gasteiger partial charge in [0.2, 0.25) is 0 Å². The Labute approximate surface area is 118 Å². The number of ether oxygens (including phenoxy) is 1. The van der Waals surface area contributed by atoms with Gasteiger partial charge in [0.25, 0.3) is 0 Å². The minimum absolute atomic E-state index is 0.467. The fraction of sp³-hybridized carbons (Fsp3) is 0.333. The van der Waals surface area contributed by atoms with Crippen LogP contribution in [0.3, 0.4) is 0 Å². The Hall–Kier alpha value is -1.45. The predicted octanol–water partition coefficient (Wildman–Crippen LogP) is 3.99.